The lowest BCUT2D eigenvalue weighted by Gasteiger charge is -2.43. The van der Waals surface area contributed by atoms with E-state index in [9.17, 15) is 29.3 Å². The minimum Gasteiger partial charge on any atom is -0.489 e. The third-order valence-corrected chi connectivity index (χ3v) is 12.2. The first-order valence-corrected chi connectivity index (χ1v) is 15.8. The van der Waals surface area contributed by atoms with E-state index in [1.165, 1.54) is 23.9 Å². The number of H-pyrrole nitrogens is 1. The van der Waals surface area contributed by atoms with Gasteiger partial charge in [-0.3, -0.25) is 34.2 Å². The average Bonchev–Trinajstić information content (AvgIpc) is 3.70. The molecular weight excluding hydrogens is 618 g/mol. The van der Waals surface area contributed by atoms with E-state index >= 15 is 0 Å². The van der Waals surface area contributed by atoms with Gasteiger partial charge in [0.1, 0.15) is 12.4 Å². The van der Waals surface area contributed by atoms with E-state index in [0.29, 0.717) is 27.8 Å². The molecule has 14 heteroatoms. The van der Waals surface area contributed by atoms with E-state index < -0.39 is 28.6 Å². The first-order chi connectivity index (χ1) is 20.6. The number of nitrogens with zero attached hydrogens (tertiary/aromatic N) is 2. The van der Waals surface area contributed by atoms with E-state index in [1.807, 2.05) is 12.1 Å². The largest absolute Gasteiger partial charge is 0.489 e. The van der Waals surface area contributed by atoms with Crippen LogP contribution >= 0.6 is 34.7 Å². The third-order valence-electron chi connectivity index (χ3n) is 9.24. The highest BCUT2D eigenvalue weighted by atomic mass is 35.5. The van der Waals surface area contributed by atoms with Gasteiger partial charge in [0.25, 0.3) is 5.69 Å². The smallest absolute Gasteiger partial charge is 0.305 e. The first-order valence-electron chi connectivity index (χ1n) is 13.7. The lowest BCUT2D eigenvalue weighted by Crippen LogP contribution is -2.42. The number of aliphatic carboxylic acids is 1. The van der Waals surface area contributed by atoms with Crippen molar-refractivity contribution in [2.24, 2.45) is 29.6 Å². The van der Waals surface area contributed by atoms with E-state index in [4.69, 9.17) is 21.4 Å². The Hall–Kier alpha value is -3.68. The van der Waals surface area contributed by atoms with Gasteiger partial charge in [0.05, 0.1) is 28.2 Å². The Morgan fingerprint density at radius 3 is 2.60 bits per heavy atom. The van der Waals surface area contributed by atoms with Crippen LogP contribution < -0.4 is 9.61 Å². The van der Waals surface area contributed by atoms with Crippen LogP contribution in [-0.4, -0.2) is 49.5 Å². The summed E-state index contributed by atoms with van der Waals surface area (Å²) in [6.07, 6.45) is 0.303. The fraction of sp³-hybridized carbons (Fsp3) is 0.379. The number of ether oxygens (including phenoxy) is 1. The summed E-state index contributed by atoms with van der Waals surface area (Å²) in [7, 11) is 0. The molecule has 2 aromatic carbocycles. The number of aromatic amines is 1. The van der Waals surface area contributed by atoms with Crippen LogP contribution in [-0.2, 0) is 21.0 Å². The van der Waals surface area contributed by atoms with Crippen molar-refractivity contribution in [3.8, 4) is 5.75 Å². The summed E-state index contributed by atoms with van der Waals surface area (Å²) < 4.78 is 6.26. The number of carboxylic acid groups (broad SMARTS) is 1. The van der Waals surface area contributed by atoms with Crippen LogP contribution in [0.15, 0.2) is 52.3 Å². The van der Waals surface area contributed by atoms with Crippen molar-refractivity contribution in [1.82, 2.24) is 9.88 Å². The summed E-state index contributed by atoms with van der Waals surface area (Å²) >= 11 is 8.89. The van der Waals surface area contributed by atoms with Gasteiger partial charge in [-0.15, -0.1) is 11.8 Å². The molecule has 3 fully saturated rings. The predicted octanol–water partition coefficient (Wildman–Crippen LogP) is 4.53. The van der Waals surface area contributed by atoms with Gasteiger partial charge in [0, 0.05) is 50.9 Å². The van der Waals surface area contributed by atoms with Crippen molar-refractivity contribution in [1.29, 1.82) is 0 Å². The maximum atomic E-state index is 13.6. The summed E-state index contributed by atoms with van der Waals surface area (Å²) in [6, 6.07) is 11.6. The summed E-state index contributed by atoms with van der Waals surface area (Å²) in [6.45, 7) is -0.0600. The zero-order valence-corrected chi connectivity index (χ0v) is 24.7. The van der Waals surface area contributed by atoms with Gasteiger partial charge in [-0.1, -0.05) is 41.1 Å². The Labute approximate surface area is 257 Å². The van der Waals surface area contributed by atoms with Crippen molar-refractivity contribution in [3.05, 3.63) is 83.3 Å². The van der Waals surface area contributed by atoms with E-state index in [-0.39, 0.29) is 65.0 Å². The minimum absolute atomic E-state index is 0.110. The average molecular weight is 642 g/mol. The molecule has 7 rings (SSSR count). The Balaban J connectivity index is 1.31. The van der Waals surface area contributed by atoms with Gasteiger partial charge in [0.15, 0.2) is 0 Å². The molecule has 2 N–H and O–H groups in total. The Morgan fingerprint density at radius 2 is 1.88 bits per heavy atom. The molecule has 2 bridgehead atoms. The van der Waals surface area contributed by atoms with Crippen molar-refractivity contribution in [2.45, 2.75) is 35.6 Å². The summed E-state index contributed by atoms with van der Waals surface area (Å²) in [5.41, 5.74) is 1.14. The number of halogens is 1. The molecule has 0 radical (unpaired) electrons. The lowest BCUT2D eigenvalue weighted by atomic mass is 9.68. The Kier molecular flexibility index (Phi) is 6.86. The van der Waals surface area contributed by atoms with Gasteiger partial charge in [-0.05, 0) is 36.3 Å². The van der Waals surface area contributed by atoms with E-state index in [0.717, 1.165) is 26.7 Å². The van der Waals surface area contributed by atoms with Crippen LogP contribution in [0.2, 0.25) is 5.02 Å². The summed E-state index contributed by atoms with van der Waals surface area (Å²) in [5.74, 6) is -3.62. The molecule has 222 valence electrons. The number of amides is 2. The van der Waals surface area contributed by atoms with Crippen molar-refractivity contribution in [3.63, 3.8) is 0 Å². The number of fused-ring (bicyclic) bond motifs is 9. The highest BCUT2D eigenvalue weighted by Gasteiger charge is 2.69. The molecule has 0 unspecified atom stereocenters. The second-order valence-electron chi connectivity index (χ2n) is 11.3. The second kappa shape index (κ2) is 10.5. The standard InChI is InChI=1S/C29H24ClN3O8S2/c30-17-4-2-1-3-12(17)11-41-18-6-5-13(33(39)40)9-14(18)20-21-15-10-16(24(21)42-26-25(20)43-29(38)31-26)23-22(15)27(36)32(28(23)37)8-7-19(34)35/h1-6,9,15-16,20-24H,7-8,10-11H2,(H,31,38)(H,34,35)/t15-,16+,20-,21+,22+,23+,24-/m0/s1. The van der Waals surface area contributed by atoms with Gasteiger partial charge in [-0.25, -0.2) is 0 Å². The van der Waals surface area contributed by atoms with Crippen molar-refractivity contribution < 1.29 is 29.2 Å². The molecule has 2 saturated carbocycles. The molecule has 0 spiro atoms. The van der Waals surface area contributed by atoms with Gasteiger partial charge in [-0.2, -0.15) is 0 Å². The number of benzene rings is 2. The molecule has 3 heterocycles. The van der Waals surface area contributed by atoms with Crippen LogP contribution in [0.4, 0.5) is 5.69 Å². The molecule has 4 aliphatic rings. The van der Waals surface area contributed by atoms with Crippen LogP contribution in [0.1, 0.15) is 34.8 Å². The van der Waals surface area contributed by atoms with Gasteiger partial charge >= 0.3 is 10.8 Å². The number of nitro benzene ring substituents is 1. The Morgan fingerprint density at radius 1 is 1.14 bits per heavy atom. The molecule has 1 aromatic heterocycles. The normalized spacial score (nSPS) is 28.5. The topological polar surface area (TPSA) is 160 Å². The fourth-order valence-electron chi connectivity index (χ4n) is 7.65. The molecule has 2 aliphatic heterocycles. The second-order valence-corrected chi connectivity index (χ2v) is 13.9. The fourth-order valence-corrected chi connectivity index (χ4v) is 10.7. The van der Waals surface area contributed by atoms with E-state index in [1.54, 1.807) is 18.2 Å². The number of hydrogen-bond donors (Lipinski definition) is 2. The number of carbonyl (C=O) groups excluding carboxylic acids is 2. The SMILES string of the molecule is O=C(O)CCN1C(=O)[C@@H]2[C@H]3C[C@@H]([C@@H]4Sc5[nH]c(=O)sc5[C@@H](c5cc([N+](=O)[O-])ccc5OCc5ccccc5Cl)[C@@H]34)[C@H]2C1=O. The predicted molar refractivity (Wildman–Crippen MR) is 156 cm³/mol. The number of aromatic nitrogens is 1. The molecule has 7 atom stereocenters. The van der Waals surface area contributed by atoms with Gasteiger partial charge < -0.3 is 14.8 Å². The molecule has 1 saturated heterocycles. The number of likely N-dealkylation sites (tertiary alicyclic amines) is 1. The molecule has 3 aromatic rings. The highest BCUT2D eigenvalue weighted by molar-refractivity contribution is 8.00. The number of non-ortho nitro benzene ring substituents is 1. The van der Waals surface area contributed by atoms with Crippen LogP contribution in [0.5, 0.6) is 5.75 Å². The van der Waals surface area contributed by atoms with Crippen LogP contribution in [0.3, 0.4) is 0 Å². The number of carboxylic acids is 1. The molecule has 2 aliphatic carbocycles. The number of thioether (sulfide) groups is 1. The minimum atomic E-state index is -1.09. The van der Waals surface area contributed by atoms with Crippen molar-refractivity contribution >= 4 is 58.2 Å². The zero-order chi connectivity index (χ0) is 30.2. The lowest BCUT2D eigenvalue weighted by molar-refractivity contribution is -0.385. The number of rotatable bonds is 8. The number of carbonyl (C=O) groups is 3. The molecule has 43 heavy (non-hydrogen) atoms. The van der Waals surface area contributed by atoms with E-state index in [2.05, 4.69) is 4.98 Å². The molecule has 2 amide bonds. The Bertz CT molecular complexity index is 1760. The highest BCUT2D eigenvalue weighted by Crippen LogP contribution is 2.69. The number of hydrogen-bond acceptors (Lipinski definition) is 9. The van der Waals surface area contributed by atoms with Crippen LogP contribution in [0.25, 0.3) is 0 Å². The summed E-state index contributed by atoms with van der Waals surface area (Å²) in [5, 5.41) is 22.1. The summed E-state index contributed by atoms with van der Waals surface area (Å²) in [4.78, 5) is 66.8. The molecular formula is C29H24ClN3O8S2. The first kappa shape index (κ1) is 28.1. The maximum Gasteiger partial charge on any atom is 0.305 e. The maximum absolute atomic E-state index is 13.6. The van der Waals surface area contributed by atoms with Crippen LogP contribution in [0, 0.1) is 39.7 Å². The molecule has 11 nitrogen and oxygen atoms in total. The monoisotopic (exact) mass is 641 g/mol. The van der Waals surface area contributed by atoms with Gasteiger partial charge in [0.2, 0.25) is 11.8 Å². The quantitative estimate of drug-likeness (QED) is 0.205. The number of nitrogens with one attached hydrogen (secondary N) is 1. The zero-order valence-electron chi connectivity index (χ0n) is 22.3. The third kappa shape index (κ3) is 4.47. The van der Waals surface area contributed by atoms with Crippen molar-refractivity contribution in [2.75, 3.05) is 6.54 Å². The number of imide groups is 1. The number of nitro groups is 1. The number of thiazole rings is 1.